The topological polar surface area (TPSA) is 45.4 Å². The second kappa shape index (κ2) is 6.57. The number of hydrogen-bond acceptors (Lipinski definition) is 3. The number of nitrogens with one attached hydrogen (secondary N) is 1. The Morgan fingerprint density at radius 3 is 2.75 bits per heavy atom. The number of furan rings is 1. The summed E-state index contributed by atoms with van der Waals surface area (Å²) < 4.78 is 19.0. The second-order valence-electron chi connectivity index (χ2n) is 5.11. The fourth-order valence-corrected chi connectivity index (χ4v) is 2.28. The summed E-state index contributed by atoms with van der Waals surface area (Å²) in [5.74, 6) is 0.523. The highest BCUT2D eigenvalue weighted by Gasteiger charge is 2.14. The summed E-state index contributed by atoms with van der Waals surface area (Å²) in [7, 11) is 0. The van der Waals surface area contributed by atoms with E-state index in [1.165, 1.54) is 6.07 Å². The van der Waals surface area contributed by atoms with Crippen molar-refractivity contribution in [3.05, 3.63) is 53.7 Å². The summed E-state index contributed by atoms with van der Waals surface area (Å²) in [6.45, 7) is 3.98. The molecule has 0 saturated carbocycles. The number of benzene rings is 1. The smallest absolute Gasteiger partial charge is 0.131 e. The van der Waals surface area contributed by atoms with Crippen LogP contribution in [-0.4, -0.2) is 11.1 Å². The van der Waals surface area contributed by atoms with Gasteiger partial charge in [0.1, 0.15) is 17.3 Å². The van der Waals surface area contributed by atoms with Gasteiger partial charge in [0.15, 0.2) is 0 Å². The predicted octanol–water partition coefficient (Wildman–Crippen LogP) is 3.80. The molecule has 0 aliphatic heterocycles. The average molecular weight is 277 g/mol. The highest BCUT2D eigenvalue weighted by Crippen LogP contribution is 2.21. The summed E-state index contributed by atoms with van der Waals surface area (Å²) >= 11 is 0. The van der Waals surface area contributed by atoms with Gasteiger partial charge in [-0.2, -0.15) is 0 Å². The molecule has 1 aromatic carbocycles. The Hall–Kier alpha value is -1.81. The van der Waals surface area contributed by atoms with Gasteiger partial charge in [-0.25, -0.2) is 4.39 Å². The van der Waals surface area contributed by atoms with E-state index in [-0.39, 0.29) is 23.7 Å². The van der Waals surface area contributed by atoms with Crippen molar-refractivity contribution in [2.24, 2.45) is 0 Å². The van der Waals surface area contributed by atoms with E-state index < -0.39 is 0 Å². The standard InChI is InChI=1S/C16H20FNO2/c1-11(5-7-14-4-3-9-20-14)18-12(2)15-8-6-13(19)10-16(15)17/h3-4,6,8-12,18-19H,5,7H2,1-2H3. The molecule has 2 aromatic rings. The van der Waals surface area contributed by atoms with E-state index in [1.807, 2.05) is 19.1 Å². The molecular formula is C16H20FNO2. The fourth-order valence-electron chi connectivity index (χ4n) is 2.28. The Balaban J connectivity index is 1.88. The summed E-state index contributed by atoms with van der Waals surface area (Å²) in [6.07, 6.45) is 3.44. The van der Waals surface area contributed by atoms with Crippen LogP contribution in [-0.2, 0) is 6.42 Å². The molecule has 0 radical (unpaired) electrons. The molecule has 2 atom stereocenters. The summed E-state index contributed by atoms with van der Waals surface area (Å²) in [6, 6.07) is 8.22. The molecule has 0 aliphatic carbocycles. The van der Waals surface area contributed by atoms with Crippen molar-refractivity contribution in [2.45, 2.75) is 38.8 Å². The molecule has 1 heterocycles. The number of aromatic hydroxyl groups is 1. The molecule has 2 unspecified atom stereocenters. The lowest BCUT2D eigenvalue weighted by Gasteiger charge is -2.20. The Labute approximate surface area is 118 Å². The van der Waals surface area contributed by atoms with Gasteiger partial charge in [-0.3, -0.25) is 0 Å². The zero-order chi connectivity index (χ0) is 14.5. The largest absolute Gasteiger partial charge is 0.508 e. The van der Waals surface area contributed by atoms with Gasteiger partial charge in [0.05, 0.1) is 6.26 Å². The lowest BCUT2D eigenvalue weighted by atomic mass is 10.0. The molecule has 0 bridgehead atoms. The Bertz CT molecular complexity index is 539. The minimum Gasteiger partial charge on any atom is -0.508 e. The number of phenols is 1. The van der Waals surface area contributed by atoms with Crippen LogP contribution in [0.2, 0.25) is 0 Å². The van der Waals surface area contributed by atoms with Crippen LogP contribution in [0.1, 0.15) is 37.6 Å². The molecule has 2 N–H and O–H groups in total. The zero-order valence-electron chi connectivity index (χ0n) is 11.8. The maximum atomic E-state index is 13.7. The van der Waals surface area contributed by atoms with Crippen molar-refractivity contribution in [3.8, 4) is 5.75 Å². The molecule has 3 nitrogen and oxygen atoms in total. The van der Waals surface area contributed by atoms with Gasteiger partial charge >= 0.3 is 0 Å². The van der Waals surface area contributed by atoms with E-state index in [9.17, 15) is 9.50 Å². The van der Waals surface area contributed by atoms with Crippen LogP contribution in [0.3, 0.4) is 0 Å². The molecule has 4 heteroatoms. The van der Waals surface area contributed by atoms with Gasteiger partial charge in [-0.1, -0.05) is 6.07 Å². The number of aryl methyl sites for hydroxylation is 1. The maximum absolute atomic E-state index is 13.7. The molecular weight excluding hydrogens is 257 g/mol. The van der Waals surface area contributed by atoms with Gasteiger partial charge in [0.25, 0.3) is 0 Å². The molecule has 0 spiro atoms. The van der Waals surface area contributed by atoms with Crippen molar-refractivity contribution in [3.63, 3.8) is 0 Å². The van der Waals surface area contributed by atoms with Crippen molar-refractivity contribution < 1.29 is 13.9 Å². The van der Waals surface area contributed by atoms with E-state index in [0.29, 0.717) is 5.56 Å². The van der Waals surface area contributed by atoms with Crippen molar-refractivity contribution in [1.29, 1.82) is 0 Å². The van der Waals surface area contributed by atoms with E-state index in [4.69, 9.17) is 4.42 Å². The van der Waals surface area contributed by atoms with Crippen LogP contribution >= 0.6 is 0 Å². The summed E-state index contributed by atoms with van der Waals surface area (Å²) in [5, 5.41) is 12.6. The first-order valence-corrected chi connectivity index (χ1v) is 6.83. The summed E-state index contributed by atoms with van der Waals surface area (Å²) in [5.41, 5.74) is 0.563. The number of rotatable bonds is 6. The van der Waals surface area contributed by atoms with Gasteiger partial charge in [-0.15, -0.1) is 0 Å². The molecule has 1 aromatic heterocycles. The first-order valence-electron chi connectivity index (χ1n) is 6.83. The summed E-state index contributed by atoms with van der Waals surface area (Å²) in [4.78, 5) is 0. The van der Waals surface area contributed by atoms with Crippen molar-refractivity contribution in [1.82, 2.24) is 5.32 Å². The van der Waals surface area contributed by atoms with Gasteiger partial charge in [0, 0.05) is 30.1 Å². The SMILES string of the molecule is CC(CCc1ccco1)NC(C)c1ccc(O)cc1F. The minimum atomic E-state index is -0.386. The highest BCUT2D eigenvalue weighted by atomic mass is 19.1. The third-order valence-electron chi connectivity index (χ3n) is 3.39. The van der Waals surface area contributed by atoms with Crippen molar-refractivity contribution in [2.75, 3.05) is 0 Å². The van der Waals surface area contributed by atoms with Crippen LogP contribution < -0.4 is 5.32 Å². The number of phenolic OH excluding ortho intramolecular Hbond substituents is 1. The fraction of sp³-hybridized carbons (Fsp3) is 0.375. The Morgan fingerprint density at radius 1 is 1.30 bits per heavy atom. The zero-order valence-corrected chi connectivity index (χ0v) is 11.8. The number of hydrogen-bond donors (Lipinski definition) is 2. The van der Waals surface area contributed by atoms with Gasteiger partial charge in [-0.05, 0) is 38.5 Å². The van der Waals surface area contributed by atoms with E-state index >= 15 is 0 Å². The Morgan fingerprint density at radius 2 is 2.10 bits per heavy atom. The van der Waals surface area contributed by atoms with Crippen LogP contribution in [0.15, 0.2) is 41.0 Å². The molecule has 0 aliphatic rings. The second-order valence-corrected chi connectivity index (χ2v) is 5.11. The molecule has 0 amide bonds. The van der Waals surface area contributed by atoms with Crippen LogP contribution in [0.4, 0.5) is 4.39 Å². The van der Waals surface area contributed by atoms with E-state index in [1.54, 1.807) is 12.3 Å². The predicted molar refractivity (Wildman–Crippen MR) is 76.1 cm³/mol. The Kier molecular flexibility index (Phi) is 4.79. The first kappa shape index (κ1) is 14.6. The first-order chi connectivity index (χ1) is 9.56. The monoisotopic (exact) mass is 277 g/mol. The van der Waals surface area contributed by atoms with Crippen molar-refractivity contribution >= 4 is 0 Å². The molecule has 0 saturated heterocycles. The lowest BCUT2D eigenvalue weighted by Crippen LogP contribution is -2.29. The molecule has 0 fully saturated rings. The van der Waals surface area contributed by atoms with Crippen LogP contribution in [0.25, 0.3) is 0 Å². The van der Waals surface area contributed by atoms with E-state index in [2.05, 4.69) is 12.2 Å². The van der Waals surface area contributed by atoms with Crippen LogP contribution in [0, 0.1) is 5.82 Å². The van der Waals surface area contributed by atoms with Crippen LogP contribution in [0.5, 0.6) is 5.75 Å². The normalized spacial score (nSPS) is 14.2. The lowest BCUT2D eigenvalue weighted by molar-refractivity contribution is 0.420. The quantitative estimate of drug-likeness (QED) is 0.844. The number of halogens is 1. The highest BCUT2D eigenvalue weighted by molar-refractivity contribution is 5.29. The molecule has 108 valence electrons. The third-order valence-corrected chi connectivity index (χ3v) is 3.39. The van der Waals surface area contributed by atoms with Gasteiger partial charge < -0.3 is 14.8 Å². The average Bonchev–Trinajstić information content (AvgIpc) is 2.89. The van der Waals surface area contributed by atoms with Gasteiger partial charge in [0.2, 0.25) is 0 Å². The molecule has 20 heavy (non-hydrogen) atoms. The minimum absolute atomic E-state index is 0.0516. The molecule has 2 rings (SSSR count). The third kappa shape index (κ3) is 3.84. The van der Waals surface area contributed by atoms with E-state index in [0.717, 1.165) is 24.7 Å². The maximum Gasteiger partial charge on any atom is 0.131 e.